The third kappa shape index (κ3) is 4.63. The topological polar surface area (TPSA) is 65.0 Å². The molecule has 0 saturated heterocycles. The minimum absolute atomic E-state index is 0.247. The summed E-state index contributed by atoms with van der Waals surface area (Å²) in [6, 6.07) is 0. The lowest BCUT2D eigenvalue weighted by Crippen LogP contribution is -2.35. The van der Waals surface area contributed by atoms with Gasteiger partial charge >= 0.3 is 12.3 Å². The summed E-state index contributed by atoms with van der Waals surface area (Å²) in [6.45, 7) is 5.07. The van der Waals surface area contributed by atoms with E-state index < -0.39 is 18.5 Å². The maximum Gasteiger partial charge on any atom is 0.336 e. The van der Waals surface area contributed by atoms with E-state index in [1.165, 1.54) is 0 Å². The first-order valence-electron chi connectivity index (χ1n) is 7.32. The first-order valence-corrected chi connectivity index (χ1v) is 7.32. The van der Waals surface area contributed by atoms with Gasteiger partial charge in [-0.15, -0.1) is 0 Å². The molecule has 5 heteroatoms. The molecule has 2 aliphatic rings. The van der Waals surface area contributed by atoms with Gasteiger partial charge in [0.2, 0.25) is 0 Å². The zero-order valence-corrected chi connectivity index (χ0v) is 12.3. The van der Waals surface area contributed by atoms with Crippen molar-refractivity contribution in [2.24, 2.45) is 0 Å². The van der Waals surface area contributed by atoms with E-state index in [-0.39, 0.29) is 5.57 Å². The molecule has 116 valence electrons. The molecule has 0 saturated carbocycles. The summed E-state index contributed by atoms with van der Waals surface area (Å²) in [4.78, 5) is 11.7. The van der Waals surface area contributed by atoms with Gasteiger partial charge in [-0.2, -0.15) is 0 Å². The largest absolute Gasteiger partial charge is 0.462 e. The number of hydrogen-bond acceptors (Lipinski definition) is 5. The average molecular weight is 294 g/mol. The summed E-state index contributed by atoms with van der Waals surface area (Å²) < 4.78 is 16.1. The first kappa shape index (κ1) is 15.6. The average Bonchev–Trinajstić information content (AvgIpc) is 3.10. The summed E-state index contributed by atoms with van der Waals surface area (Å²) in [5.74, 6) is 0.821. The van der Waals surface area contributed by atoms with Crippen LogP contribution in [0.4, 0.5) is 0 Å². The van der Waals surface area contributed by atoms with Gasteiger partial charge in [0.25, 0.3) is 6.29 Å². The fourth-order valence-corrected chi connectivity index (χ4v) is 2.20. The van der Waals surface area contributed by atoms with E-state index in [0.717, 1.165) is 44.3 Å². The highest BCUT2D eigenvalue weighted by atomic mass is 16.7. The van der Waals surface area contributed by atoms with Crippen LogP contribution in [0.5, 0.6) is 0 Å². The molecular formula is C16H22O5. The van der Waals surface area contributed by atoms with Crippen LogP contribution < -0.4 is 0 Å². The summed E-state index contributed by atoms with van der Waals surface area (Å²) in [6.07, 6.45) is 6.75. The lowest BCUT2D eigenvalue weighted by atomic mass is 10.3. The second-order valence-electron chi connectivity index (χ2n) is 5.31. The van der Waals surface area contributed by atoms with Crippen molar-refractivity contribution in [1.29, 1.82) is 0 Å². The van der Waals surface area contributed by atoms with Gasteiger partial charge in [-0.25, -0.2) is 4.79 Å². The Labute approximate surface area is 124 Å². The van der Waals surface area contributed by atoms with Crippen LogP contribution in [0.15, 0.2) is 35.8 Å². The van der Waals surface area contributed by atoms with E-state index in [9.17, 15) is 9.90 Å². The summed E-state index contributed by atoms with van der Waals surface area (Å²) >= 11 is 0. The molecule has 0 spiro atoms. The molecule has 0 amide bonds. The highest BCUT2D eigenvalue weighted by Gasteiger charge is 2.29. The Bertz CT molecular complexity index is 459. The molecule has 0 aromatic carbocycles. The molecule has 2 unspecified atom stereocenters. The van der Waals surface area contributed by atoms with Crippen LogP contribution >= 0.6 is 0 Å². The van der Waals surface area contributed by atoms with Gasteiger partial charge in [0.05, 0.1) is 11.5 Å². The number of rotatable bonds is 7. The van der Waals surface area contributed by atoms with Crippen LogP contribution in [-0.2, 0) is 19.0 Å². The monoisotopic (exact) mass is 294 g/mol. The number of allylic oxidation sites excluding steroid dienone is 4. The minimum atomic E-state index is -1.35. The number of esters is 1. The molecular weight excluding hydrogens is 272 g/mol. The van der Waals surface area contributed by atoms with Crippen molar-refractivity contribution >= 4 is 5.97 Å². The number of hydrogen-bond donors (Lipinski definition) is 1. The second kappa shape index (κ2) is 7.31. The van der Waals surface area contributed by atoms with Crippen LogP contribution in [0.2, 0.25) is 0 Å². The lowest BCUT2D eigenvalue weighted by Gasteiger charge is -2.25. The van der Waals surface area contributed by atoms with E-state index in [4.69, 9.17) is 14.2 Å². The number of aliphatic hydroxyl groups excluding tert-OH is 1. The van der Waals surface area contributed by atoms with Gasteiger partial charge in [0.1, 0.15) is 0 Å². The van der Waals surface area contributed by atoms with Gasteiger partial charge in [0.15, 0.2) is 0 Å². The van der Waals surface area contributed by atoms with Crippen LogP contribution in [0.25, 0.3) is 0 Å². The van der Waals surface area contributed by atoms with Gasteiger partial charge < -0.3 is 19.3 Å². The van der Waals surface area contributed by atoms with Gasteiger partial charge in [-0.05, 0) is 44.8 Å². The number of carbonyl (C=O) groups is 1. The van der Waals surface area contributed by atoms with Crippen molar-refractivity contribution in [3.63, 3.8) is 0 Å². The second-order valence-corrected chi connectivity index (χ2v) is 5.31. The minimum Gasteiger partial charge on any atom is -0.462 e. The van der Waals surface area contributed by atoms with Crippen LogP contribution in [0.1, 0.15) is 45.4 Å². The Kier molecular flexibility index (Phi) is 5.44. The van der Waals surface area contributed by atoms with Crippen molar-refractivity contribution in [2.75, 3.05) is 0 Å². The third-order valence-electron chi connectivity index (χ3n) is 3.34. The Hall–Kier alpha value is -1.75. The maximum absolute atomic E-state index is 11.7. The molecule has 2 aliphatic carbocycles. The van der Waals surface area contributed by atoms with E-state index in [0.29, 0.717) is 5.76 Å². The normalized spacial score (nSPS) is 20.3. The fraction of sp³-hybridized carbons (Fsp3) is 0.562. The lowest BCUT2D eigenvalue weighted by molar-refractivity contribution is -0.239. The highest BCUT2D eigenvalue weighted by molar-refractivity contribution is 5.87. The van der Waals surface area contributed by atoms with E-state index in [1.54, 1.807) is 6.92 Å². The Balaban J connectivity index is 1.98. The Morgan fingerprint density at radius 1 is 1.19 bits per heavy atom. The summed E-state index contributed by atoms with van der Waals surface area (Å²) in [7, 11) is 0. The van der Waals surface area contributed by atoms with Crippen molar-refractivity contribution in [1.82, 2.24) is 0 Å². The molecule has 1 N–H and O–H groups in total. The molecule has 0 aromatic rings. The molecule has 0 bridgehead atoms. The van der Waals surface area contributed by atoms with Gasteiger partial charge in [-0.3, -0.25) is 0 Å². The highest BCUT2D eigenvalue weighted by Crippen LogP contribution is 2.25. The third-order valence-corrected chi connectivity index (χ3v) is 3.34. The maximum atomic E-state index is 11.7. The van der Waals surface area contributed by atoms with Crippen molar-refractivity contribution in [2.45, 2.75) is 58.0 Å². The van der Waals surface area contributed by atoms with E-state index >= 15 is 0 Å². The zero-order valence-electron chi connectivity index (χ0n) is 12.3. The smallest absolute Gasteiger partial charge is 0.336 e. The summed E-state index contributed by atoms with van der Waals surface area (Å²) in [5, 5.41) is 10.1. The standard InChI is InChI=1S/C16H22O5/c1-11(2)14(17)21-16(20-13-9-5-6-10-13)15(18)19-12-7-3-4-8-12/h7,9,15-16,18H,1,3-6,8,10H2,2H3. The summed E-state index contributed by atoms with van der Waals surface area (Å²) in [5.41, 5.74) is 0.247. The zero-order chi connectivity index (χ0) is 15.2. The number of aliphatic hydroxyl groups is 1. The fourth-order valence-electron chi connectivity index (χ4n) is 2.20. The Morgan fingerprint density at radius 3 is 2.24 bits per heavy atom. The molecule has 0 aromatic heterocycles. The molecule has 5 nitrogen and oxygen atoms in total. The number of ether oxygens (including phenoxy) is 3. The molecule has 21 heavy (non-hydrogen) atoms. The molecule has 0 aliphatic heterocycles. The van der Waals surface area contributed by atoms with E-state index in [2.05, 4.69) is 6.58 Å². The quantitative estimate of drug-likeness (QED) is 0.444. The Morgan fingerprint density at radius 2 is 1.76 bits per heavy atom. The van der Waals surface area contributed by atoms with Crippen molar-refractivity contribution in [3.05, 3.63) is 35.8 Å². The first-order chi connectivity index (χ1) is 10.1. The van der Waals surface area contributed by atoms with Crippen LogP contribution in [-0.4, -0.2) is 23.7 Å². The predicted octanol–water partition coefficient (Wildman–Crippen LogP) is 2.92. The van der Waals surface area contributed by atoms with Crippen molar-refractivity contribution < 1.29 is 24.1 Å². The number of carbonyl (C=O) groups excluding carboxylic acids is 1. The molecule has 0 fully saturated rings. The van der Waals surface area contributed by atoms with Crippen LogP contribution in [0, 0.1) is 0 Å². The van der Waals surface area contributed by atoms with E-state index in [1.807, 2.05) is 12.2 Å². The van der Waals surface area contributed by atoms with Gasteiger partial charge in [-0.1, -0.05) is 6.58 Å². The predicted molar refractivity (Wildman–Crippen MR) is 76.7 cm³/mol. The molecule has 2 rings (SSSR count). The SMILES string of the molecule is C=C(C)C(=O)OC(OC1=CCCC1)C(O)OC1=CCCC1. The molecule has 0 heterocycles. The molecule has 2 atom stereocenters. The van der Waals surface area contributed by atoms with Crippen LogP contribution in [0.3, 0.4) is 0 Å². The van der Waals surface area contributed by atoms with Gasteiger partial charge in [0, 0.05) is 18.4 Å². The van der Waals surface area contributed by atoms with Crippen molar-refractivity contribution in [3.8, 4) is 0 Å². The molecule has 0 radical (unpaired) electrons.